The van der Waals surface area contributed by atoms with E-state index in [1.54, 1.807) is 16.8 Å². The first-order valence-corrected chi connectivity index (χ1v) is 5.45. The molecule has 0 aliphatic heterocycles. The molecule has 0 radical (unpaired) electrons. The quantitative estimate of drug-likeness (QED) is 0.917. The summed E-state index contributed by atoms with van der Waals surface area (Å²) in [7, 11) is 0. The van der Waals surface area contributed by atoms with Gasteiger partial charge >= 0.3 is 5.97 Å². The zero-order chi connectivity index (χ0) is 12.4. The largest absolute Gasteiger partial charge is 0.478 e. The third-order valence-electron chi connectivity index (χ3n) is 2.03. The van der Waals surface area contributed by atoms with Crippen LogP contribution in [-0.4, -0.2) is 21.0 Å². The van der Waals surface area contributed by atoms with Crippen molar-refractivity contribution in [3.8, 4) is 11.4 Å². The van der Waals surface area contributed by atoms with Gasteiger partial charge in [-0.25, -0.2) is 23.5 Å². The molecule has 0 aromatic carbocycles. The zero-order valence-electron chi connectivity index (χ0n) is 8.30. The minimum Gasteiger partial charge on any atom is -0.478 e. The van der Waals surface area contributed by atoms with Crippen LogP contribution in [0.15, 0.2) is 23.0 Å². The molecule has 0 amide bonds. The van der Waals surface area contributed by atoms with Crippen LogP contribution in [0.3, 0.4) is 0 Å². The van der Waals surface area contributed by atoms with E-state index in [0.717, 1.165) is 6.20 Å². The predicted octanol–water partition coefficient (Wildman–Crippen LogP) is 2.84. The molecule has 4 nitrogen and oxygen atoms in total. The Morgan fingerprint density at radius 2 is 2.24 bits per heavy atom. The van der Waals surface area contributed by atoms with Crippen molar-refractivity contribution in [1.29, 1.82) is 0 Å². The third kappa shape index (κ3) is 2.28. The van der Waals surface area contributed by atoms with Gasteiger partial charge in [-0.15, -0.1) is 0 Å². The van der Waals surface area contributed by atoms with Gasteiger partial charge in [-0.05, 0) is 11.4 Å². The first kappa shape index (κ1) is 11.6. The number of aromatic carboxylic acids is 1. The van der Waals surface area contributed by atoms with Crippen LogP contribution in [-0.2, 0) is 0 Å². The van der Waals surface area contributed by atoms with Gasteiger partial charge in [-0.1, -0.05) is 0 Å². The molecule has 0 atom stereocenters. The molecule has 0 aliphatic rings. The topological polar surface area (TPSA) is 63.1 Å². The van der Waals surface area contributed by atoms with Crippen LogP contribution in [0.4, 0.5) is 8.78 Å². The van der Waals surface area contributed by atoms with E-state index in [-0.39, 0.29) is 5.82 Å². The van der Waals surface area contributed by atoms with E-state index in [4.69, 9.17) is 5.11 Å². The van der Waals surface area contributed by atoms with Crippen molar-refractivity contribution in [2.24, 2.45) is 0 Å². The van der Waals surface area contributed by atoms with E-state index in [0.29, 0.717) is 5.56 Å². The summed E-state index contributed by atoms with van der Waals surface area (Å²) in [6.07, 6.45) is -2.04. The first-order chi connectivity index (χ1) is 8.09. The summed E-state index contributed by atoms with van der Waals surface area (Å²) in [5.74, 6) is -1.36. The maximum atomic E-state index is 12.7. The van der Waals surface area contributed by atoms with E-state index in [1.165, 1.54) is 11.3 Å². The molecule has 0 unspecified atom stereocenters. The van der Waals surface area contributed by atoms with Crippen molar-refractivity contribution in [3.63, 3.8) is 0 Å². The van der Waals surface area contributed by atoms with Gasteiger partial charge in [-0.3, -0.25) is 0 Å². The fourth-order valence-electron chi connectivity index (χ4n) is 1.26. The standard InChI is InChI=1S/C10H6F2N2O2S/c11-8(12)7-6(10(15)16)3-13-9(14-7)5-1-2-17-4-5/h1-4,8H,(H,15,16). The van der Waals surface area contributed by atoms with Gasteiger partial charge in [-0.2, -0.15) is 11.3 Å². The van der Waals surface area contributed by atoms with Crippen LogP contribution < -0.4 is 0 Å². The molecule has 2 rings (SSSR count). The molecule has 0 bridgehead atoms. The van der Waals surface area contributed by atoms with Crippen molar-refractivity contribution in [3.05, 3.63) is 34.3 Å². The van der Waals surface area contributed by atoms with E-state index < -0.39 is 23.7 Å². The molecule has 0 saturated heterocycles. The Kier molecular flexibility index (Phi) is 3.10. The molecule has 2 aromatic heterocycles. The maximum absolute atomic E-state index is 12.7. The molecule has 2 aromatic rings. The van der Waals surface area contributed by atoms with Gasteiger partial charge < -0.3 is 5.11 Å². The second-order valence-corrected chi connectivity index (χ2v) is 3.89. The van der Waals surface area contributed by atoms with Gasteiger partial charge in [0.15, 0.2) is 5.82 Å². The number of carboxylic acids is 1. The Morgan fingerprint density at radius 3 is 2.76 bits per heavy atom. The number of aromatic nitrogens is 2. The summed E-state index contributed by atoms with van der Waals surface area (Å²) in [6, 6.07) is 1.68. The average molecular weight is 256 g/mol. The average Bonchev–Trinajstić information content (AvgIpc) is 2.81. The second kappa shape index (κ2) is 4.54. The van der Waals surface area contributed by atoms with Gasteiger partial charge in [0.05, 0.1) is 0 Å². The monoisotopic (exact) mass is 256 g/mol. The fraction of sp³-hybridized carbons (Fsp3) is 0.100. The van der Waals surface area contributed by atoms with E-state index in [1.807, 2.05) is 0 Å². The predicted molar refractivity (Wildman–Crippen MR) is 57.3 cm³/mol. The van der Waals surface area contributed by atoms with Crippen molar-refractivity contribution < 1.29 is 18.7 Å². The van der Waals surface area contributed by atoms with Crippen molar-refractivity contribution >= 4 is 17.3 Å². The van der Waals surface area contributed by atoms with Crippen LogP contribution in [0.1, 0.15) is 22.5 Å². The minimum atomic E-state index is -2.94. The lowest BCUT2D eigenvalue weighted by Crippen LogP contribution is -2.07. The van der Waals surface area contributed by atoms with Crippen molar-refractivity contribution in [1.82, 2.24) is 9.97 Å². The van der Waals surface area contributed by atoms with Gasteiger partial charge in [0.2, 0.25) is 0 Å². The van der Waals surface area contributed by atoms with Gasteiger partial charge in [0.25, 0.3) is 6.43 Å². The summed E-state index contributed by atoms with van der Waals surface area (Å²) in [5, 5.41) is 12.2. The van der Waals surface area contributed by atoms with Gasteiger partial charge in [0.1, 0.15) is 11.3 Å². The molecule has 17 heavy (non-hydrogen) atoms. The highest BCUT2D eigenvalue weighted by Gasteiger charge is 2.21. The zero-order valence-corrected chi connectivity index (χ0v) is 9.12. The molecule has 0 aliphatic carbocycles. The Morgan fingerprint density at radius 1 is 1.47 bits per heavy atom. The highest BCUT2D eigenvalue weighted by atomic mass is 32.1. The number of carboxylic acid groups (broad SMARTS) is 1. The van der Waals surface area contributed by atoms with Crippen LogP contribution in [0.5, 0.6) is 0 Å². The molecular formula is C10H6F2N2O2S. The van der Waals surface area contributed by atoms with Crippen molar-refractivity contribution in [2.75, 3.05) is 0 Å². The molecule has 0 saturated carbocycles. The molecule has 0 spiro atoms. The second-order valence-electron chi connectivity index (χ2n) is 3.11. The number of carbonyl (C=O) groups is 1. The Hall–Kier alpha value is -1.89. The van der Waals surface area contributed by atoms with Crippen LogP contribution in [0.2, 0.25) is 0 Å². The lowest BCUT2D eigenvalue weighted by Gasteiger charge is -2.05. The Labute approximate surface area is 98.6 Å². The van der Waals surface area contributed by atoms with Crippen molar-refractivity contribution in [2.45, 2.75) is 6.43 Å². The number of nitrogens with zero attached hydrogens (tertiary/aromatic N) is 2. The number of halogens is 2. The SMILES string of the molecule is O=C(O)c1cnc(-c2ccsc2)nc1C(F)F. The van der Waals surface area contributed by atoms with E-state index >= 15 is 0 Å². The lowest BCUT2D eigenvalue weighted by molar-refractivity contribution is 0.0681. The smallest absolute Gasteiger partial charge is 0.339 e. The van der Waals surface area contributed by atoms with Crippen LogP contribution in [0.25, 0.3) is 11.4 Å². The molecule has 88 valence electrons. The normalized spacial score (nSPS) is 10.8. The number of thiophene rings is 1. The molecule has 1 N–H and O–H groups in total. The highest BCUT2D eigenvalue weighted by Crippen LogP contribution is 2.24. The third-order valence-corrected chi connectivity index (χ3v) is 2.72. The molecule has 7 heteroatoms. The fourth-order valence-corrected chi connectivity index (χ4v) is 1.89. The number of alkyl halides is 2. The Bertz CT molecular complexity index is 543. The van der Waals surface area contributed by atoms with Crippen LogP contribution in [0, 0.1) is 0 Å². The minimum absolute atomic E-state index is 0.103. The van der Waals surface area contributed by atoms with E-state index in [9.17, 15) is 13.6 Å². The van der Waals surface area contributed by atoms with Gasteiger partial charge in [0, 0.05) is 17.1 Å². The number of hydrogen-bond acceptors (Lipinski definition) is 4. The van der Waals surface area contributed by atoms with Crippen LogP contribution >= 0.6 is 11.3 Å². The highest BCUT2D eigenvalue weighted by molar-refractivity contribution is 7.08. The maximum Gasteiger partial charge on any atom is 0.339 e. The molecular weight excluding hydrogens is 250 g/mol. The lowest BCUT2D eigenvalue weighted by atomic mass is 10.2. The summed E-state index contributed by atoms with van der Waals surface area (Å²) in [6.45, 7) is 0. The number of hydrogen-bond donors (Lipinski definition) is 1. The number of rotatable bonds is 3. The summed E-state index contributed by atoms with van der Waals surface area (Å²) >= 11 is 1.38. The summed E-state index contributed by atoms with van der Waals surface area (Å²) in [4.78, 5) is 18.1. The first-order valence-electron chi connectivity index (χ1n) is 4.50. The summed E-state index contributed by atoms with van der Waals surface area (Å²) in [5.41, 5.74) is -0.735. The molecule has 0 fully saturated rings. The summed E-state index contributed by atoms with van der Waals surface area (Å²) < 4.78 is 25.3. The molecule has 2 heterocycles. The van der Waals surface area contributed by atoms with E-state index in [2.05, 4.69) is 9.97 Å². The Balaban J connectivity index is 2.53.